The Morgan fingerprint density at radius 1 is 1.13 bits per heavy atom. The maximum atomic E-state index is 13.0. The topological polar surface area (TPSA) is 90.5 Å². The van der Waals surface area contributed by atoms with Gasteiger partial charge in [0.15, 0.2) is 6.10 Å². The van der Waals surface area contributed by atoms with Crippen LogP contribution in [0.25, 0.3) is 16.9 Å². The van der Waals surface area contributed by atoms with Gasteiger partial charge in [0.25, 0.3) is 0 Å². The first-order valence-corrected chi connectivity index (χ1v) is 9.97. The van der Waals surface area contributed by atoms with Crippen molar-refractivity contribution in [1.29, 1.82) is 0 Å². The third-order valence-electron chi connectivity index (χ3n) is 5.01. The third-order valence-corrected chi connectivity index (χ3v) is 5.26. The van der Waals surface area contributed by atoms with E-state index in [0.29, 0.717) is 17.3 Å². The zero-order valence-corrected chi connectivity index (χ0v) is 17.0. The highest BCUT2D eigenvalue weighted by atomic mass is 35.5. The van der Waals surface area contributed by atoms with Gasteiger partial charge in [-0.05, 0) is 24.3 Å². The number of aromatic nitrogens is 2. The Balaban J connectivity index is 1.64. The lowest BCUT2D eigenvalue weighted by atomic mass is 10.1. The summed E-state index contributed by atoms with van der Waals surface area (Å²) in [6, 6.07) is 17.0. The number of amides is 2. The standard InChI is InChI=1S/C22H21ClN4O3/c23-17-8-6-15(7-9-17)21-16(13-27(25-21)18-4-2-1-3-5-18)12-20(28)26-10-11-30-19(14-26)22(24)29/h1-9,13,19H,10-12,14H2,(H2,24,29). The summed E-state index contributed by atoms with van der Waals surface area (Å²) in [7, 11) is 0. The van der Waals surface area contributed by atoms with Crippen LogP contribution in [0.15, 0.2) is 60.8 Å². The molecule has 0 radical (unpaired) electrons. The molecule has 154 valence electrons. The van der Waals surface area contributed by atoms with E-state index < -0.39 is 12.0 Å². The quantitative estimate of drug-likeness (QED) is 0.681. The second-order valence-electron chi connectivity index (χ2n) is 7.07. The van der Waals surface area contributed by atoms with Crippen molar-refractivity contribution in [2.45, 2.75) is 12.5 Å². The van der Waals surface area contributed by atoms with Crippen LogP contribution in [0.3, 0.4) is 0 Å². The zero-order chi connectivity index (χ0) is 21.1. The van der Waals surface area contributed by atoms with Crippen LogP contribution in [0.4, 0.5) is 0 Å². The van der Waals surface area contributed by atoms with Crippen molar-refractivity contribution >= 4 is 23.4 Å². The second-order valence-corrected chi connectivity index (χ2v) is 7.50. The molecule has 1 aliphatic rings. The van der Waals surface area contributed by atoms with Crippen LogP contribution in [0.1, 0.15) is 5.56 Å². The summed E-state index contributed by atoms with van der Waals surface area (Å²) in [5.74, 6) is -0.668. The minimum atomic E-state index is -0.773. The molecule has 1 aromatic heterocycles. The third kappa shape index (κ3) is 4.37. The molecule has 0 spiro atoms. The fourth-order valence-electron chi connectivity index (χ4n) is 3.43. The Bertz CT molecular complexity index is 1050. The predicted molar refractivity (Wildman–Crippen MR) is 113 cm³/mol. The summed E-state index contributed by atoms with van der Waals surface area (Å²) >= 11 is 6.03. The second kappa shape index (κ2) is 8.69. The number of ether oxygens (including phenoxy) is 1. The summed E-state index contributed by atoms with van der Waals surface area (Å²) in [5.41, 5.74) is 8.60. The van der Waals surface area contributed by atoms with E-state index in [2.05, 4.69) is 0 Å². The normalized spacial score (nSPS) is 16.4. The molecule has 1 aliphatic heterocycles. The Morgan fingerprint density at radius 3 is 2.57 bits per heavy atom. The highest BCUT2D eigenvalue weighted by molar-refractivity contribution is 6.30. The van der Waals surface area contributed by atoms with Crippen molar-refractivity contribution in [2.24, 2.45) is 5.73 Å². The van der Waals surface area contributed by atoms with E-state index in [1.165, 1.54) is 0 Å². The molecule has 2 heterocycles. The van der Waals surface area contributed by atoms with E-state index >= 15 is 0 Å². The first-order valence-electron chi connectivity index (χ1n) is 9.60. The maximum Gasteiger partial charge on any atom is 0.248 e. The number of nitrogens with zero attached hydrogens (tertiary/aromatic N) is 3. The summed E-state index contributed by atoms with van der Waals surface area (Å²) in [5, 5.41) is 5.36. The van der Waals surface area contributed by atoms with E-state index in [4.69, 9.17) is 27.2 Å². The van der Waals surface area contributed by atoms with Crippen LogP contribution in [-0.4, -0.2) is 52.3 Å². The van der Waals surface area contributed by atoms with Gasteiger partial charge >= 0.3 is 0 Å². The van der Waals surface area contributed by atoms with Crippen LogP contribution in [-0.2, 0) is 20.7 Å². The molecule has 1 atom stereocenters. The fourth-order valence-corrected chi connectivity index (χ4v) is 3.55. The molecule has 30 heavy (non-hydrogen) atoms. The average Bonchev–Trinajstić information content (AvgIpc) is 3.18. The van der Waals surface area contributed by atoms with E-state index in [1.807, 2.05) is 48.7 Å². The van der Waals surface area contributed by atoms with Crippen molar-refractivity contribution in [3.05, 3.63) is 71.4 Å². The number of morpholine rings is 1. The molecule has 4 rings (SSSR count). The first kappa shape index (κ1) is 20.1. The zero-order valence-electron chi connectivity index (χ0n) is 16.2. The van der Waals surface area contributed by atoms with Crippen LogP contribution < -0.4 is 5.73 Å². The SMILES string of the molecule is NC(=O)C1CN(C(=O)Cc2cn(-c3ccccc3)nc2-c2ccc(Cl)cc2)CCO1. The van der Waals surface area contributed by atoms with Gasteiger partial charge in [0, 0.05) is 28.9 Å². The van der Waals surface area contributed by atoms with Crippen molar-refractivity contribution in [2.75, 3.05) is 19.7 Å². The van der Waals surface area contributed by atoms with Crippen LogP contribution in [0.2, 0.25) is 5.02 Å². The molecule has 2 N–H and O–H groups in total. The van der Waals surface area contributed by atoms with E-state index in [9.17, 15) is 9.59 Å². The van der Waals surface area contributed by atoms with E-state index in [-0.39, 0.29) is 25.5 Å². The number of benzene rings is 2. The molecular formula is C22H21ClN4O3. The van der Waals surface area contributed by atoms with Gasteiger partial charge in [0.05, 0.1) is 31.0 Å². The number of para-hydroxylation sites is 1. The van der Waals surface area contributed by atoms with Crippen LogP contribution in [0.5, 0.6) is 0 Å². The number of primary amides is 1. The molecule has 8 heteroatoms. The van der Waals surface area contributed by atoms with Crippen molar-refractivity contribution in [1.82, 2.24) is 14.7 Å². The van der Waals surface area contributed by atoms with Crippen molar-refractivity contribution in [3.63, 3.8) is 0 Å². The first-order chi connectivity index (χ1) is 14.5. The molecule has 2 amide bonds. The Labute approximate surface area is 179 Å². The van der Waals surface area contributed by atoms with Gasteiger partial charge in [-0.2, -0.15) is 5.10 Å². The highest BCUT2D eigenvalue weighted by Crippen LogP contribution is 2.26. The predicted octanol–water partition coefficient (Wildman–Crippen LogP) is 2.45. The number of carbonyl (C=O) groups excluding carboxylic acids is 2. The number of nitrogens with two attached hydrogens (primary N) is 1. The Morgan fingerprint density at radius 2 is 1.87 bits per heavy atom. The summed E-state index contributed by atoms with van der Waals surface area (Å²) < 4.78 is 7.10. The number of rotatable bonds is 5. The molecule has 7 nitrogen and oxygen atoms in total. The number of hydrogen-bond acceptors (Lipinski definition) is 4. The van der Waals surface area contributed by atoms with Gasteiger partial charge in [-0.3, -0.25) is 9.59 Å². The largest absolute Gasteiger partial charge is 0.367 e. The molecule has 1 saturated heterocycles. The van der Waals surface area contributed by atoms with Crippen molar-refractivity contribution in [3.8, 4) is 16.9 Å². The Hall–Kier alpha value is -3.16. The number of carbonyl (C=O) groups is 2. The van der Waals surface area contributed by atoms with Gasteiger partial charge in [-0.1, -0.05) is 41.9 Å². The lowest BCUT2D eigenvalue weighted by Crippen LogP contribution is -2.50. The highest BCUT2D eigenvalue weighted by Gasteiger charge is 2.28. The maximum absolute atomic E-state index is 13.0. The fraction of sp³-hybridized carbons (Fsp3) is 0.227. The van der Waals surface area contributed by atoms with Crippen LogP contribution >= 0.6 is 11.6 Å². The summed E-state index contributed by atoms with van der Waals surface area (Å²) in [6.07, 6.45) is 1.24. The van der Waals surface area contributed by atoms with Gasteiger partial charge in [-0.15, -0.1) is 0 Å². The molecule has 1 fully saturated rings. The molecular weight excluding hydrogens is 404 g/mol. The Kier molecular flexibility index (Phi) is 5.83. The summed E-state index contributed by atoms with van der Waals surface area (Å²) in [6.45, 7) is 0.871. The average molecular weight is 425 g/mol. The van der Waals surface area contributed by atoms with Gasteiger partial charge < -0.3 is 15.4 Å². The molecule has 1 unspecified atom stereocenters. The van der Waals surface area contributed by atoms with E-state index in [1.54, 1.807) is 21.7 Å². The van der Waals surface area contributed by atoms with Crippen LogP contribution in [0, 0.1) is 0 Å². The van der Waals surface area contributed by atoms with Gasteiger partial charge in [0.2, 0.25) is 11.8 Å². The monoisotopic (exact) mass is 424 g/mol. The number of hydrogen-bond donors (Lipinski definition) is 1. The molecule has 3 aromatic rings. The summed E-state index contributed by atoms with van der Waals surface area (Å²) in [4.78, 5) is 26.0. The number of halogens is 1. The molecule has 2 aromatic carbocycles. The minimum Gasteiger partial charge on any atom is -0.367 e. The van der Waals surface area contributed by atoms with Gasteiger partial charge in [-0.25, -0.2) is 4.68 Å². The smallest absolute Gasteiger partial charge is 0.248 e. The minimum absolute atomic E-state index is 0.104. The van der Waals surface area contributed by atoms with E-state index in [0.717, 1.165) is 16.8 Å². The lowest BCUT2D eigenvalue weighted by molar-refractivity contribution is -0.145. The van der Waals surface area contributed by atoms with Crippen molar-refractivity contribution < 1.29 is 14.3 Å². The molecule has 0 bridgehead atoms. The molecule has 0 aliphatic carbocycles. The molecule has 0 saturated carbocycles. The van der Waals surface area contributed by atoms with Gasteiger partial charge in [0.1, 0.15) is 0 Å². The lowest BCUT2D eigenvalue weighted by Gasteiger charge is -2.31.